The molecule has 0 saturated carbocycles. The second kappa shape index (κ2) is 5.17. The van der Waals surface area contributed by atoms with Gasteiger partial charge in [0.1, 0.15) is 5.52 Å². The van der Waals surface area contributed by atoms with E-state index in [1.54, 1.807) is 19.1 Å². The van der Waals surface area contributed by atoms with Gasteiger partial charge in [0.25, 0.3) is 0 Å². The number of carbonyl (C=O) groups is 1. The van der Waals surface area contributed by atoms with E-state index in [1.807, 2.05) is 36.4 Å². The van der Waals surface area contributed by atoms with Gasteiger partial charge >= 0.3 is 5.97 Å². The SMILES string of the molecule is CCOC(=O)c1ccc(-c2onc3ccccc23)cc1. The summed E-state index contributed by atoms with van der Waals surface area (Å²) in [6.45, 7) is 2.15. The molecule has 0 aliphatic carbocycles. The monoisotopic (exact) mass is 267 g/mol. The maximum absolute atomic E-state index is 11.6. The summed E-state index contributed by atoms with van der Waals surface area (Å²) in [5, 5.41) is 4.97. The number of hydrogen-bond donors (Lipinski definition) is 0. The summed E-state index contributed by atoms with van der Waals surface area (Å²) in [6, 6.07) is 14.8. The number of benzene rings is 2. The van der Waals surface area contributed by atoms with Gasteiger partial charge in [0.15, 0.2) is 5.76 Å². The Labute approximate surface area is 116 Å². The zero-order chi connectivity index (χ0) is 13.9. The van der Waals surface area contributed by atoms with Crippen LogP contribution in [0.1, 0.15) is 17.3 Å². The van der Waals surface area contributed by atoms with Gasteiger partial charge in [-0.2, -0.15) is 0 Å². The fourth-order valence-electron chi connectivity index (χ4n) is 2.07. The Morgan fingerprint density at radius 3 is 2.65 bits per heavy atom. The van der Waals surface area contributed by atoms with Gasteiger partial charge < -0.3 is 9.26 Å². The molecule has 2 aromatic carbocycles. The number of fused-ring (bicyclic) bond motifs is 1. The summed E-state index contributed by atoms with van der Waals surface area (Å²) in [7, 11) is 0. The van der Waals surface area contributed by atoms with E-state index in [2.05, 4.69) is 5.16 Å². The average molecular weight is 267 g/mol. The highest BCUT2D eigenvalue weighted by molar-refractivity contribution is 5.93. The Kier molecular flexibility index (Phi) is 3.21. The number of aromatic nitrogens is 1. The van der Waals surface area contributed by atoms with Crippen molar-refractivity contribution >= 4 is 16.9 Å². The highest BCUT2D eigenvalue weighted by atomic mass is 16.5. The molecule has 0 spiro atoms. The molecule has 0 unspecified atom stereocenters. The van der Waals surface area contributed by atoms with E-state index in [-0.39, 0.29) is 5.97 Å². The van der Waals surface area contributed by atoms with E-state index >= 15 is 0 Å². The smallest absolute Gasteiger partial charge is 0.338 e. The molecule has 100 valence electrons. The first-order valence-electron chi connectivity index (χ1n) is 6.41. The van der Waals surface area contributed by atoms with E-state index in [9.17, 15) is 4.79 Å². The Hall–Kier alpha value is -2.62. The third kappa shape index (κ3) is 2.16. The molecule has 1 heterocycles. The molecule has 4 nitrogen and oxygen atoms in total. The van der Waals surface area contributed by atoms with Crippen molar-refractivity contribution in [3.8, 4) is 11.3 Å². The first kappa shape index (κ1) is 12.4. The van der Waals surface area contributed by atoms with Crippen molar-refractivity contribution in [2.45, 2.75) is 6.92 Å². The second-order valence-electron chi connectivity index (χ2n) is 4.33. The summed E-state index contributed by atoms with van der Waals surface area (Å²) in [6.07, 6.45) is 0. The number of rotatable bonds is 3. The molecule has 0 N–H and O–H groups in total. The molecule has 3 rings (SSSR count). The maximum atomic E-state index is 11.6. The average Bonchev–Trinajstić information content (AvgIpc) is 2.92. The van der Waals surface area contributed by atoms with Gasteiger partial charge in [0.2, 0.25) is 0 Å². The quantitative estimate of drug-likeness (QED) is 0.679. The van der Waals surface area contributed by atoms with Gasteiger partial charge in [-0.05, 0) is 31.2 Å². The normalized spacial score (nSPS) is 10.7. The third-order valence-corrected chi connectivity index (χ3v) is 3.04. The molecule has 0 amide bonds. The van der Waals surface area contributed by atoms with Crippen molar-refractivity contribution in [3.05, 3.63) is 54.1 Å². The van der Waals surface area contributed by atoms with Crippen molar-refractivity contribution in [1.29, 1.82) is 0 Å². The standard InChI is InChI=1S/C16H13NO3/c1-2-19-16(18)12-9-7-11(8-10-12)15-13-5-3-4-6-14(13)17-20-15/h3-10H,2H2,1H3. The molecular formula is C16H13NO3. The predicted octanol–water partition coefficient (Wildman–Crippen LogP) is 3.67. The molecule has 0 bridgehead atoms. The molecule has 0 radical (unpaired) electrons. The zero-order valence-corrected chi connectivity index (χ0v) is 11.0. The van der Waals surface area contributed by atoms with Crippen molar-refractivity contribution in [2.75, 3.05) is 6.61 Å². The lowest BCUT2D eigenvalue weighted by Gasteiger charge is -2.02. The molecule has 20 heavy (non-hydrogen) atoms. The maximum Gasteiger partial charge on any atom is 0.338 e. The highest BCUT2D eigenvalue weighted by Crippen LogP contribution is 2.28. The van der Waals surface area contributed by atoms with Crippen molar-refractivity contribution in [2.24, 2.45) is 0 Å². The molecule has 3 aromatic rings. The van der Waals surface area contributed by atoms with E-state index < -0.39 is 0 Å². The first-order valence-corrected chi connectivity index (χ1v) is 6.41. The van der Waals surface area contributed by atoms with Crippen LogP contribution in [0, 0.1) is 0 Å². The second-order valence-corrected chi connectivity index (χ2v) is 4.33. The number of esters is 1. The van der Waals surface area contributed by atoms with E-state index in [0.29, 0.717) is 17.9 Å². The lowest BCUT2D eigenvalue weighted by molar-refractivity contribution is 0.0526. The number of nitrogens with zero attached hydrogens (tertiary/aromatic N) is 1. The van der Waals surface area contributed by atoms with Crippen LogP contribution in [0.2, 0.25) is 0 Å². The lowest BCUT2D eigenvalue weighted by atomic mass is 10.1. The van der Waals surface area contributed by atoms with Gasteiger partial charge in [-0.15, -0.1) is 0 Å². The highest BCUT2D eigenvalue weighted by Gasteiger charge is 2.11. The zero-order valence-electron chi connectivity index (χ0n) is 11.0. The van der Waals surface area contributed by atoms with Crippen molar-refractivity contribution in [3.63, 3.8) is 0 Å². The third-order valence-electron chi connectivity index (χ3n) is 3.04. The van der Waals surface area contributed by atoms with Crippen LogP contribution in [-0.2, 0) is 4.74 Å². The van der Waals surface area contributed by atoms with Gasteiger partial charge in [-0.1, -0.05) is 29.4 Å². The molecule has 4 heteroatoms. The molecule has 1 aromatic heterocycles. The topological polar surface area (TPSA) is 52.3 Å². The molecule has 0 fully saturated rings. The van der Waals surface area contributed by atoms with E-state index in [0.717, 1.165) is 16.5 Å². The fraction of sp³-hybridized carbons (Fsp3) is 0.125. The number of hydrogen-bond acceptors (Lipinski definition) is 4. The van der Waals surface area contributed by atoms with Gasteiger partial charge in [0.05, 0.1) is 12.2 Å². The van der Waals surface area contributed by atoms with Crippen LogP contribution in [0.25, 0.3) is 22.2 Å². The molecule has 0 atom stereocenters. The fourth-order valence-corrected chi connectivity index (χ4v) is 2.07. The van der Waals surface area contributed by atoms with Crippen LogP contribution >= 0.6 is 0 Å². The van der Waals surface area contributed by atoms with Gasteiger partial charge in [-0.25, -0.2) is 4.79 Å². The van der Waals surface area contributed by atoms with Crippen LogP contribution in [0.4, 0.5) is 0 Å². The minimum Gasteiger partial charge on any atom is -0.462 e. The Morgan fingerprint density at radius 1 is 1.15 bits per heavy atom. The molecular weight excluding hydrogens is 254 g/mol. The van der Waals surface area contributed by atoms with Crippen LogP contribution in [0.15, 0.2) is 53.1 Å². The van der Waals surface area contributed by atoms with Crippen LogP contribution in [-0.4, -0.2) is 17.7 Å². The predicted molar refractivity (Wildman–Crippen MR) is 75.4 cm³/mol. The van der Waals surface area contributed by atoms with Gasteiger partial charge in [-0.3, -0.25) is 0 Å². The molecule has 0 aliphatic heterocycles. The van der Waals surface area contributed by atoms with Gasteiger partial charge in [0, 0.05) is 10.9 Å². The van der Waals surface area contributed by atoms with Crippen LogP contribution < -0.4 is 0 Å². The largest absolute Gasteiger partial charge is 0.462 e. The minimum absolute atomic E-state index is 0.318. The number of carbonyl (C=O) groups excluding carboxylic acids is 1. The Balaban J connectivity index is 1.97. The Morgan fingerprint density at radius 2 is 1.90 bits per heavy atom. The van der Waals surface area contributed by atoms with E-state index in [1.165, 1.54) is 0 Å². The minimum atomic E-state index is -0.318. The number of ether oxygens (including phenoxy) is 1. The molecule has 0 saturated heterocycles. The first-order chi connectivity index (χ1) is 9.79. The Bertz CT molecular complexity index is 744. The summed E-state index contributed by atoms with van der Waals surface area (Å²) >= 11 is 0. The summed E-state index contributed by atoms with van der Waals surface area (Å²) in [4.78, 5) is 11.6. The van der Waals surface area contributed by atoms with Crippen molar-refractivity contribution < 1.29 is 14.1 Å². The lowest BCUT2D eigenvalue weighted by Crippen LogP contribution is -2.03. The van der Waals surface area contributed by atoms with Crippen LogP contribution in [0.3, 0.4) is 0 Å². The van der Waals surface area contributed by atoms with Crippen molar-refractivity contribution in [1.82, 2.24) is 5.16 Å². The summed E-state index contributed by atoms with van der Waals surface area (Å²) in [5.41, 5.74) is 2.23. The summed E-state index contributed by atoms with van der Waals surface area (Å²) < 4.78 is 10.3. The van der Waals surface area contributed by atoms with E-state index in [4.69, 9.17) is 9.26 Å². The summed E-state index contributed by atoms with van der Waals surface area (Å²) in [5.74, 6) is 0.387. The van der Waals surface area contributed by atoms with Crippen LogP contribution in [0.5, 0.6) is 0 Å². The molecule has 0 aliphatic rings.